The maximum absolute atomic E-state index is 11.0. The molecule has 12 heavy (non-hydrogen) atoms. The Balaban J connectivity index is 1.86. The molecule has 1 amide bonds. The predicted octanol–water partition coefficient (Wildman–Crippen LogP) is 1.28. The van der Waals surface area contributed by atoms with Gasteiger partial charge in [-0.3, -0.25) is 0 Å². The van der Waals surface area contributed by atoms with Crippen LogP contribution in [0.5, 0.6) is 0 Å². The van der Waals surface area contributed by atoms with Gasteiger partial charge in [0.2, 0.25) is 0 Å². The first kappa shape index (κ1) is 6.75. The normalized spacial score (nSPS) is 32.8. The van der Waals surface area contributed by atoms with E-state index in [1.165, 1.54) is 25.7 Å². The Kier molecular flexibility index (Phi) is 1.10. The average molecular weight is 167 g/mol. The molecule has 1 N–H and O–H groups in total. The van der Waals surface area contributed by atoms with Crippen molar-refractivity contribution in [1.82, 2.24) is 5.32 Å². The summed E-state index contributed by atoms with van der Waals surface area (Å²) in [6.45, 7) is 0.626. The topological polar surface area (TPSA) is 38.3 Å². The largest absolute Gasteiger partial charge is 0.447 e. The SMILES string of the molecule is O=C1NC(C2CC2)(C2CC2)CO1. The highest BCUT2D eigenvalue weighted by molar-refractivity contribution is 5.71. The first-order valence-electron chi connectivity index (χ1n) is 4.76. The summed E-state index contributed by atoms with van der Waals surface area (Å²) >= 11 is 0. The van der Waals surface area contributed by atoms with Crippen LogP contribution in [0.15, 0.2) is 0 Å². The number of ether oxygens (including phenoxy) is 1. The van der Waals surface area contributed by atoms with Gasteiger partial charge in [0.05, 0.1) is 5.54 Å². The Morgan fingerprint density at radius 3 is 2.17 bits per heavy atom. The van der Waals surface area contributed by atoms with Gasteiger partial charge >= 0.3 is 6.09 Å². The molecule has 0 unspecified atom stereocenters. The van der Waals surface area contributed by atoms with Crippen LogP contribution < -0.4 is 5.32 Å². The predicted molar refractivity (Wildman–Crippen MR) is 42.7 cm³/mol. The first-order chi connectivity index (χ1) is 5.81. The second kappa shape index (κ2) is 1.95. The lowest BCUT2D eigenvalue weighted by Gasteiger charge is -2.25. The molecule has 3 heteroatoms. The van der Waals surface area contributed by atoms with E-state index in [4.69, 9.17) is 4.74 Å². The van der Waals surface area contributed by atoms with E-state index < -0.39 is 0 Å². The van der Waals surface area contributed by atoms with Crippen molar-refractivity contribution < 1.29 is 9.53 Å². The van der Waals surface area contributed by atoms with Crippen molar-refractivity contribution in [2.24, 2.45) is 11.8 Å². The van der Waals surface area contributed by atoms with E-state index in [0.717, 1.165) is 11.8 Å². The van der Waals surface area contributed by atoms with E-state index in [9.17, 15) is 4.79 Å². The fourth-order valence-electron chi connectivity index (χ4n) is 2.42. The smallest absolute Gasteiger partial charge is 0.407 e. The van der Waals surface area contributed by atoms with Crippen LogP contribution in [-0.4, -0.2) is 18.2 Å². The second-order valence-electron chi connectivity index (χ2n) is 4.29. The molecule has 0 bridgehead atoms. The zero-order valence-corrected chi connectivity index (χ0v) is 7.01. The first-order valence-corrected chi connectivity index (χ1v) is 4.76. The molecule has 3 nitrogen and oxygen atoms in total. The van der Waals surface area contributed by atoms with Crippen molar-refractivity contribution in [3.8, 4) is 0 Å². The van der Waals surface area contributed by atoms with Gasteiger partial charge in [-0.2, -0.15) is 0 Å². The molecular weight excluding hydrogens is 154 g/mol. The number of hydrogen-bond donors (Lipinski definition) is 1. The summed E-state index contributed by atoms with van der Waals surface area (Å²) < 4.78 is 5.02. The van der Waals surface area contributed by atoms with Crippen molar-refractivity contribution in [3.63, 3.8) is 0 Å². The fourth-order valence-corrected chi connectivity index (χ4v) is 2.42. The molecule has 3 fully saturated rings. The Labute approximate surface area is 71.5 Å². The van der Waals surface area contributed by atoms with Crippen LogP contribution >= 0.6 is 0 Å². The summed E-state index contributed by atoms with van der Waals surface area (Å²) in [6, 6.07) is 0. The highest BCUT2D eigenvalue weighted by Gasteiger charge is 2.58. The third-order valence-electron chi connectivity index (χ3n) is 3.39. The minimum atomic E-state index is -0.200. The minimum absolute atomic E-state index is 0.0666. The molecular formula is C9H13NO2. The van der Waals surface area contributed by atoms with Gasteiger partial charge < -0.3 is 10.1 Å². The third-order valence-corrected chi connectivity index (χ3v) is 3.39. The van der Waals surface area contributed by atoms with Gasteiger partial charge in [-0.05, 0) is 37.5 Å². The highest BCUT2D eigenvalue weighted by Crippen LogP contribution is 2.53. The summed E-state index contributed by atoms with van der Waals surface area (Å²) in [7, 11) is 0. The van der Waals surface area contributed by atoms with Crippen molar-refractivity contribution in [2.75, 3.05) is 6.61 Å². The van der Waals surface area contributed by atoms with Crippen LogP contribution in [0.3, 0.4) is 0 Å². The van der Waals surface area contributed by atoms with Gasteiger partial charge in [-0.15, -0.1) is 0 Å². The molecule has 1 aliphatic heterocycles. The number of cyclic esters (lactones) is 1. The van der Waals surface area contributed by atoms with E-state index in [0.29, 0.717) is 6.61 Å². The average Bonchev–Trinajstić information content (AvgIpc) is 2.92. The highest BCUT2D eigenvalue weighted by atomic mass is 16.6. The van der Waals surface area contributed by atoms with Gasteiger partial charge in [0, 0.05) is 0 Å². The number of amides is 1. The molecule has 3 rings (SSSR count). The molecule has 1 saturated heterocycles. The standard InChI is InChI=1S/C9H13NO2/c11-8-10-9(5-12-8,6-1-2-6)7-3-4-7/h6-7H,1-5H2,(H,10,11). The van der Waals surface area contributed by atoms with Crippen LogP contribution in [0.25, 0.3) is 0 Å². The van der Waals surface area contributed by atoms with Crippen molar-refractivity contribution in [1.29, 1.82) is 0 Å². The number of rotatable bonds is 2. The molecule has 0 radical (unpaired) electrons. The molecule has 3 aliphatic rings. The Hall–Kier alpha value is -0.730. The summed E-state index contributed by atoms with van der Waals surface area (Å²) in [5.41, 5.74) is 0.0666. The summed E-state index contributed by atoms with van der Waals surface area (Å²) in [4.78, 5) is 11.0. The molecule has 2 saturated carbocycles. The quantitative estimate of drug-likeness (QED) is 0.673. The zero-order valence-electron chi connectivity index (χ0n) is 7.01. The summed E-state index contributed by atoms with van der Waals surface area (Å²) in [5.74, 6) is 1.44. The number of carbonyl (C=O) groups excluding carboxylic acids is 1. The number of nitrogens with one attached hydrogen (secondary N) is 1. The molecule has 1 heterocycles. The lowest BCUT2D eigenvalue weighted by Crippen LogP contribution is -2.47. The van der Waals surface area contributed by atoms with Gasteiger partial charge in [0.25, 0.3) is 0 Å². The van der Waals surface area contributed by atoms with Crippen LogP contribution in [0.2, 0.25) is 0 Å². The lowest BCUT2D eigenvalue weighted by molar-refractivity contribution is 0.165. The van der Waals surface area contributed by atoms with E-state index in [1.54, 1.807) is 0 Å². The molecule has 0 spiro atoms. The lowest BCUT2D eigenvalue weighted by atomic mass is 9.89. The van der Waals surface area contributed by atoms with Crippen molar-refractivity contribution >= 4 is 6.09 Å². The van der Waals surface area contributed by atoms with E-state index in [-0.39, 0.29) is 11.6 Å². The fraction of sp³-hybridized carbons (Fsp3) is 0.889. The van der Waals surface area contributed by atoms with Crippen LogP contribution in [0.4, 0.5) is 4.79 Å². The van der Waals surface area contributed by atoms with Crippen LogP contribution in [0, 0.1) is 11.8 Å². The molecule has 0 aromatic rings. The maximum Gasteiger partial charge on any atom is 0.407 e. The Morgan fingerprint density at radius 1 is 1.25 bits per heavy atom. The van der Waals surface area contributed by atoms with Crippen LogP contribution in [0.1, 0.15) is 25.7 Å². The van der Waals surface area contributed by atoms with E-state index in [2.05, 4.69) is 5.32 Å². The third kappa shape index (κ3) is 0.793. The summed E-state index contributed by atoms with van der Waals surface area (Å²) in [5, 5.41) is 3.03. The summed E-state index contributed by atoms with van der Waals surface area (Å²) in [6.07, 6.45) is 4.91. The van der Waals surface area contributed by atoms with Gasteiger partial charge in [-0.1, -0.05) is 0 Å². The minimum Gasteiger partial charge on any atom is -0.447 e. The van der Waals surface area contributed by atoms with E-state index in [1.807, 2.05) is 0 Å². The van der Waals surface area contributed by atoms with Crippen molar-refractivity contribution in [3.05, 3.63) is 0 Å². The Morgan fingerprint density at radius 2 is 1.83 bits per heavy atom. The molecule has 0 aromatic heterocycles. The van der Waals surface area contributed by atoms with Crippen LogP contribution in [-0.2, 0) is 4.74 Å². The van der Waals surface area contributed by atoms with Crippen molar-refractivity contribution in [2.45, 2.75) is 31.2 Å². The number of hydrogen-bond acceptors (Lipinski definition) is 2. The molecule has 0 atom stereocenters. The van der Waals surface area contributed by atoms with E-state index >= 15 is 0 Å². The van der Waals surface area contributed by atoms with Gasteiger partial charge in [0.15, 0.2) is 0 Å². The maximum atomic E-state index is 11.0. The van der Waals surface area contributed by atoms with Gasteiger partial charge in [-0.25, -0.2) is 4.79 Å². The number of carbonyl (C=O) groups is 1. The zero-order chi connectivity index (χ0) is 8.18. The van der Waals surface area contributed by atoms with Gasteiger partial charge in [0.1, 0.15) is 6.61 Å². The monoisotopic (exact) mass is 167 g/mol. The Bertz CT molecular complexity index is 219. The molecule has 2 aliphatic carbocycles. The second-order valence-corrected chi connectivity index (χ2v) is 4.29. The molecule has 66 valence electrons. The number of alkyl carbamates (subject to hydrolysis) is 1. The molecule has 0 aromatic carbocycles.